The molecule has 3 unspecified atom stereocenters. The third kappa shape index (κ3) is 3.39. The largest absolute Gasteiger partial charge is 0.481 e. The zero-order valence-electron chi connectivity index (χ0n) is 12.9. The topological polar surface area (TPSA) is 57.6 Å². The van der Waals surface area contributed by atoms with E-state index in [9.17, 15) is 22.8 Å². The number of amides is 1. The minimum atomic E-state index is -4.36. The number of carboxylic acid groups (broad SMARTS) is 1. The van der Waals surface area contributed by atoms with Crippen LogP contribution < -0.4 is 0 Å². The van der Waals surface area contributed by atoms with Crippen LogP contribution in [0, 0.1) is 11.8 Å². The lowest BCUT2D eigenvalue weighted by atomic mass is 9.97. The average Bonchev–Trinajstić information content (AvgIpc) is 3.34. The summed E-state index contributed by atoms with van der Waals surface area (Å²) >= 11 is 0. The molecule has 3 atom stereocenters. The van der Waals surface area contributed by atoms with Gasteiger partial charge in [-0.15, -0.1) is 0 Å². The van der Waals surface area contributed by atoms with E-state index in [1.165, 1.54) is 12.1 Å². The highest BCUT2D eigenvalue weighted by atomic mass is 19.4. The van der Waals surface area contributed by atoms with Crippen LogP contribution in [0.5, 0.6) is 0 Å². The molecule has 4 nitrogen and oxygen atoms in total. The van der Waals surface area contributed by atoms with Crippen LogP contribution in [-0.2, 0) is 15.8 Å². The molecule has 1 saturated heterocycles. The Morgan fingerprint density at radius 1 is 1.17 bits per heavy atom. The predicted octanol–water partition coefficient (Wildman–Crippen LogP) is 3.13. The highest BCUT2D eigenvalue weighted by Crippen LogP contribution is 2.49. The number of carbonyl (C=O) groups excluding carboxylic acids is 1. The average molecular weight is 341 g/mol. The van der Waals surface area contributed by atoms with Crippen molar-refractivity contribution in [3.63, 3.8) is 0 Å². The number of hydrogen-bond donors (Lipinski definition) is 1. The maximum absolute atomic E-state index is 12.6. The Kier molecular flexibility index (Phi) is 4.27. The number of aliphatic carboxylic acids is 1. The molecule has 1 aromatic carbocycles. The van der Waals surface area contributed by atoms with E-state index in [1.54, 1.807) is 4.90 Å². The highest BCUT2D eigenvalue weighted by molar-refractivity contribution is 5.84. The van der Waals surface area contributed by atoms with Gasteiger partial charge in [0.2, 0.25) is 5.91 Å². The molecule has 1 aliphatic heterocycles. The van der Waals surface area contributed by atoms with E-state index >= 15 is 0 Å². The molecule has 0 bridgehead atoms. The standard InChI is InChI=1S/C17H18F3NO3/c18-17(19,20)12-5-3-10(4-6-12)13-8-14(13)15(22)21-7-1-2-11(9-21)16(23)24/h3-6,11,13-14H,1-2,7-9H2,(H,23,24). The number of nitrogens with zero attached hydrogens (tertiary/aromatic N) is 1. The number of carboxylic acids is 1. The summed E-state index contributed by atoms with van der Waals surface area (Å²) in [5, 5.41) is 9.08. The van der Waals surface area contributed by atoms with Gasteiger partial charge >= 0.3 is 12.1 Å². The van der Waals surface area contributed by atoms with Gasteiger partial charge in [0, 0.05) is 19.0 Å². The molecule has 3 rings (SSSR count). The number of alkyl halides is 3. The lowest BCUT2D eigenvalue weighted by molar-refractivity contribution is -0.146. The number of piperidine rings is 1. The Labute approximate surface area is 137 Å². The summed E-state index contributed by atoms with van der Waals surface area (Å²) in [4.78, 5) is 25.2. The molecule has 1 heterocycles. The second-order valence-corrected chi connectivity index (χ2v) is 6.53. The maximum Gasteiger partial charge on any atom is 0.416 e. The van der Waals surface area contributed by atoms with Gasteiger partial charge in [-0.05, 0) is 42.9 Å². The Bertz CT molecular complexity index is 641. The van der Waals surface area contributed by atoms with E-state index < -0.39 is 23.6 Å². The van der Waals surface area contributed by atoms with Gasteiger partial charge in [-0.1, -0.05) is 12.1 Å². The van der Waals surface area contributed by atoms with Crippen molar-refractivity contribution in [2.24, 2.45) is 11.8 Å². The van der Waals surface area contributed by atoms with Crippen molar-refractivity contribution in [2.75, 3.05) is 13.1 Å². The van der Waals surface area contributed by atoms with E-state index in [2.05, 4.69) is 0 Å². The fourth-order valence-electron chi connectivity index (χ4n) is 3.37. The van der Waals surface area contributed by atoms with Crippen molar-refractivity contribution >= 4 is 11.9 Å². The van der Waals surface area contributed by atoms with Crippen LogP contribution >= 0.6 is 0 Å². The number of carbonyl (C=O) groups is 2. The van der Waals surface area contributed by atoms with Crippen molar-refractivity contribution in [2.45, 2.75) is 31.4 Å². The van der Waals surface area contributed by atoms with Crippen LogP contribution in [0.15, 0.2) is 24.3 Å². The molecule has 0 spiro atoms. The van der Waals surface area contributed by atoms with E-state index in [-0.39, 0.29) is 24.3 Å². The maximum atomic E-state index is 12.6. The smallest absolute Gasteiger partial charge is 0.416 e. The molecule has 0 radical (unpaired) electrons. The molecule has 2 aliphatic rings. The first kappa shape index (κ1) is 16.8. The molecule has 130 valence electrons. The molecule has 24 heavy (non-hydrogen) atoms. The second kappa shape index (κ2) is 6.11. The molecule has 2 fully saturated rings. The van der Waals surface area contributed by atoms with Crippen LogP contribution in [0.4, 0.5) is 13.2 Å². The Balaban J connectivity index is 1.62. The van der Waals surface area contributed by atoms with Gasteiger partial charge in [-0.25, -0.2) is 0 Å². The summed E-state index contributed by atoms with van der Waals surface area (Å²) in [6, 6.07) is 4.93. The monoisotopic (exact) mass is 341 g/mol. The van der Waals surface area contributed by atoms with Crippen LogP contribution in [0.3, 0.4) is 0 Å². The third-order valence-electron chi connectivity index (χ3n) is 4.86. The molecule has 1 aliphatic carbocycles. The quantitative estimate of drug-likeness (QED) is 0.919. The van der Waals surface area contributed by atoms with Crippen molar-refractivity contribution in [3.8, 4) is 0 Å². The predicted molar refractivity (Wildman–Crippen MR) is 79.2 cm³/mol. The fraction of sp³-hybridized carbons (Fsp3) is 0.529. The molecule has 1 N–H and O–H groups in total. The van der Waals surface area contributed by atoms with Crippen molar-refractivity contribution in [1.82, 2.24) is 4.90 Å². The van der Waals surface area contributed by atoms with Gasteiger partial charge in [0.25, 0.3) is 0 Å². The minimum absolute atomic E-state index is 0.0648. The molecule has 7 heteroatoms. The van der Waals surface area contributed by atoms with E-state index in [0.717, 1.165) is 17.7 Å². The molecule has 0 aromatic heterocycles. The van der Waals surface area contributed by atoms with Gasteiger partial charge in [-0.3, -0.25) is 9.59 Å². The van der Waals surface area contributed by atoms with E-state index in [1.807, 2.05) is 0 Å². The lowest BCUT2D eigenvalue weighted by Gasteiger charge is -2.31. The van der Waals surface area contributed by atoms with Crippen LogP contribution in [-0.4, -0.2) is 35.0 Å². The highest BCUT2D eigenvalue weighted by Gasteiger charge is 2.46. The fourth-order valence-corrected chi connectivity index (χ4v) is 3.37. The number of rotatable bonds is 3. The number of likely N-dealkylation sites (tertiary alicyclic amines) is 1. The number of hydrogen-bond acceptors (Lipinski definition) is 2. The van der Waals surface area contributed by atoms with Gasteiger partial charge in [0.15, 0.2) is 0 Å². The molecule has 1 saturated carbocycles. The normalized spacial score (nSPS) is 27.0. The third-order valence-corrected chi connectivity index (χ3v) is 4.86. The Hall–Kier alpha value is -2.05. The van der Waals surface area contributed by atoms with Crippen molar-refractivity contribution in [1.29, 1.82) is 0 Å². The summed E-state index contributed by atoms with van der Waals surface area (Å²) in [5.41, 5.74) is 0.0308. The molecule has 1 amide bonds. The van der Waals surface area contributed by atoms with Gasteiger partial charge in [0.1, 0.15) is 0 Å². The molecular formula is C17H18F3NO3. The molecular weight excluding hydrogens is 323 g/mol. The van der Waals surface area contributed by atoms with Crippen LogP contribution in [0.2, 0.25) is 0 Å². The summed E-state index contributed by atoms with van der Waals surface area (Å²) < 4.78 is 37.7. The Morgan fingerprint density at radius 3 is 2.42 bits per heavy atom. The lowest BCUT2D eigenvalue weighted by Crippen LogP contribution is -2.43. The van der Waals surface area contributed by atoms with E-state index in [0.29, 0.717) is 25.8 Å². The minimum Gasteiger partial charge on any atom is -0.481 e. The summed E-state index contributed by atoms with van der Waals surface area (Å²) in [6.45, 7) is 0.781. The van der Waals surface area contributed by atoms with Crippen molar-refractivity contribution < 1.29 is 27.9 Å². The summed E-state index contributed by atoms with van der Waals surface area (Å²) in [5.74, 6) is -1.79. The van der Waals surface area contributed by atoms with Gasteiger partial charge < -0.3 is 10.0 Å². The summed E-state index contributed by atoms with van der Waals surface area (Å²) in [7, 11) is 0. The van der Waals surface area contributed by atoms with E-state index in [4.69, 9.17) is 5.11 Å². The molecule has 1 aromatic rings. The summed E-state index contributed by atoms with van der Waals surface area (Å²) in [6.07, 6.45) is -2.51. The first-order valence-electron chi connectivity index (χ1n) is 7.96. The van der Waals surface area contributed by atoms with Gasteiger partial charge in [-0.2, -0.15) is 13.2 Å². The SMILES string of the molecule is O=C(O)C1CCCN(C(=O)C2CC2c2ccc(C(F)(F)F)cc2)C1. The second-order valence-electron chi connectivity index (χ2n) is 6.53. The first-order chi connectivity index (χ1) is 11.3. The van der Waals surface area contributed by atoms with Crippen LogP contribution in [0.25, 0.3) is 0 Å². The number of benzene rings is 1. The van der Waals surface area contributed by atoms with Crippen molar-refractivity contribution in [3.05, 3.63) is 35.4 Å². The first-order valence-corrected chi connectivity index (χ1v) is 7.96. The van der Waals surface area contributed by atoms with Gasteiger partial charge in [0.05, 0.1) is 11.5 Å². The zero-order chi connectivity index (χ0) is 17.5. The number of halogens is 3. The Morgan fingerprint density at radius 2 is 1.83 bits per heavy atom. The van der Waals surface area contributed by atoms with Crippen LogP contribution in [0.1, 0.15) is 36.3 Å². The zero-order valence-corrected chi connectivity index (χ0v) is 12.9.